The minimum absolute atomic E-state index is 0.584. The Kier molecular flexibility index (Phi) is 4.64. The summed E-state index contributed by atoms with van der Waals surface area (Å²) in [5, 5.41) is 0.915. The molecule has 0 N–H and O–H groups in total. The van der Waals surface area contributed by atoms with Crippen molar-refractivity contribution in [2.75, 3.05) is 5.75 Å². The van der Waals surface area contributed by atoms with Crippen LogP contribution < -0.4 is 0 Å². The molecule has 0 spiro atoms. The van der Waals surface area contributed by atoms with Crippen molar-refractivity contribution in [3.63, 3.8) is 0 Å². The minimum atomic E-state index is 0.584. The standard InChI is InChI=1S/C12H24S/c1-4-13-11-9-7-5-6-8-10-12(11,2)3/h11H,4-10H2,1-3H3. The molecule has 0 saturated heterocycles. The zero-order valence-corrected chi connectivity index (χ0v) is 10.3. The zero-order chi connectivity index (χ0) is 9.73. The molecule has 1 fully saturated rings. The topological polar surface area (TPSA) is 0 Å². The molecule has 0 bridgehead atoms. The molecule has 0 heterocycles. The Morgan fingerprint density at radius 2 is 1.85 bits per heavy atom. The van der Waals surface area contributed by atoms with Gasteiger partial charge in [0.2, 0.25) is 0 Å². The van der Waals surface area contributed by atoms with Crippen LogP contribution in [0.15, 0.2) is 0 Å². The van der Waals surface area contributed by atoms with Gasteiger partial charge in [0.1, 0.15) is 0 Å². The first-order valence-corrected chi connectivity index (χ1v) is 6.83. The van der Waals surface area contributed by atoms with Crippen LogP contribution in [0.5, 0.6) is 0 Å². The normalized spacial score (nSPS) is 29.3. The summed E-state index contributed by atoms with van der Waals surface area (Å²) in [6.07, 6.45) is 8.73. The van der Waals surface area contributed by atoms with E-state index in [2.05, 4.69) is 32.5 Å². The summed E-state index contributed by atoms with van der Waals surface area (Å²) < 4.78 is 0. The summed E-state index contributed by atoms with van der Waals surface area (Å²) in [4.78, 5) is 0. The smallest absolute Gasteiger partial charge is 0.00981 e. The van der Waals surface area contributed by atoms with Crippen LogP contribution >= 0.6 is 11.8 Å². The van der Waals surface area contributed by atoms with E-state index >= 15 is 0 Å². The van der Waals surface area contributed by atoms with Crippen molar-refractivity contribution in [2.45, 2.75) is 64.5 Å². The molecule has 1 unspecified atom stereocenters. The molecule has 0 radical (unpaired) electrons. The van der Waals surface area contributed by atoms with Gasteiger partial charge in [0.15, 0.2) is 0 Å². The van der Waals surface area contributed by atoms with Gasteiger partial charge in [-0.25, -0.2) is 0 Å². The summed E-state index contributed by atoms with van der Waals surface area (Å²) >= 11 is 2.18. The number of thioether (sulfide) groups is 1. The number of hydrogen-bond donors (Lipinski definition) is 0. The van der Waals surface area contributed by atoms with E-state index in [-0.39, 0.29) is 0 Å². The van der Waals surface area contributed by atoms with Crippen LogP contribution in [0.2, 0.25) is 0 Å². The second-order valence-electron chi connectivity index (χ2n) is 4.89. The van der Waals surface area contributed by atoms with Crippen LogP contribution in [0.1, 0.15) is 59.3 Å². The highest BCUT2D eigenvalue weighted by molar-refractivity contribution is 7.99. The first-order valence-electron chi connectivity index (χ1n) is 5.78. The highest BCUT2D eigenvalue weighted by atomic mass is 32.2. The Labute approximate surface area is 87.9 Å². The van der Waals surface area contributed by atoms with Crippen LogP contribution in [-0.2, 0) is 0 Å². The van der Waals surface area contributed by atoms with Gasteiger partial charge in [0, 0.05) is 5.25 Å². The molecule has 0 aliphatic heterocycles. The van der Waals surface area contributed by atoms with Gasteiger partial charge in [-0.05, 0) is 24.0 Å². The van der Waals surface area contributed by atoms with Crippen molar-refractivity contribution in [1.82, 2.24) is 0 Å². The maximum atomic E-state index is 2.46. The predicted octanol–water partition coefficient (Wildman–Crippen LogP) is 4.49. The lowest BCUT2D eigenvalue weighted by Gasteiger charge is -2.35. The van der Waals surface area contributed by atoms with E-state index in [0.717, 1.165) is 5.25 Å². The van der Waals surface area contributed by atoms with Crippen molar-refractivity contribution in [3.05, 3.63) is 0 Å². The van der Waals surface area contributed by atoms with E-state index in [1.165, 1.54) is 44.3 Å². The summed E-state index contributed by atoms with van der Waals surface area (Å²) in [5.41, 5.74) is 0.584. The van der Waals surface area contributed by atoms with Crippen LogP contribution in [0, 0.1) is 5.41 Å². The van der Waals surface area contributed by atoms with Gasteiger partial charge in [-0.15, -0.1) is 0 Å². The summed E-state index contributed by atoms with van der Waals surface area (Å²) in [6, 6.07) is 0. The molecule has 78 valence electrons. The molecule has 1 aliphatic carbocycles. The first-order chi connectivity index (χ1) is 6.17. The summed E-state index contributed by atoms with van der Waals surface area (Å²) in [6.45, 7) is 7.22. The van der Waals surface area contributed by atoms with Gasteiger partial charge in [0.05, 0.1) is 0 Å². The molecular weight excluding hydrogens is 176 g/mol. The third kappa shape index (κ3) is 3.53. The van der Waals surface area contributed by atoms with E-state index in [4.69, 9.17) is 0 Å². The highest BCUT2D eigenvalue weighted by Crippen LogP contribution is 2.40. The van der Waals surface area contributed by atoms with Crippen molar-refractivity contribution in [3.8, 4) is 0 Å². The molecule has 13 heavy (non-hydrogen) atoms. The van der Waals surface area contributed by atoms with E-state index in [1.54, 1.807) is 0 Å². The fourth-order valence-corrected chi connectivity index (χ4v) is 3.63. The molecular formula is C12H24S. The maximum Gasteiger partial charge on any atom is 0.00981 e. The first kappa shape index (κ1) is 11.4. The highest BCUT2D eigenvalue weighted by Gasteiger charge is 2.29. The molecule has 0 aromatic rings. The molecule has 0 aromatic heterocycles. The molecule has 0 aromatic carbocycles. The Balaban J connectivity index is 2.51. The van der Waals surface area contributed by atoms with Gasteiger partial charge in [-0.3, -0.25) is 0 Å². The van der Waals surface area contributed by atoms with Gasteiger partial charge in [0.25, 0.3) is 0 Å². The fourth-order valence-electron chi connectivity index (χ4n) is 2.33. The molecule has 1 aliphatic rings. The number of hydrogen-bond acceptors (Lipinski definition) is 1. The van der Waals surface area contributed by atoms with Crippen LogP contribution in [0.3, 0.4) is 0 Å². The van der Waals surface area contributed by atoms with Crippen LogP contribution in [-0.4, -0.2) is 11.0 Å². The Hall–Kier alpha value is 0.350. The average Bonchev–Trinajstić information content (AvgIpc) is 2.06. The molecule has 1 heteroatoms. The Morgan fingerprint density at radius 3 is 2.54 bits per heavy atom. The number of rotatable bonds is 2. The van der Waals surface area contributed by atoms with Crippen molar-refractivity contribution < 1.29 is 0 Å². The third-order valence-electron chi connectivity index (χ3n) is 3.28. The van der Waals surface area contributed by atoms with Crippen LogP contribution in [0.25, 0.3) is 0 Å². The monoisotopic (exact) mass is 200 g/mol. The van der Waals surface area contributed by atoms with E-state index in [9.17, 15) is 0 Å². The SMILES string of the molecule is CCSC1CCCCCCC1(C)C. The van der Waals surface area contributed by atoms with E-state index in [1.807, 2.05) is 0 Å². The zero-order valence-electron chi connectivity index (χ0n) is 9.44. The van der Waals surface area contributed by atoms with Crippen molar-refractivity contribution in [1.29, 1.82) is 0 Å². The average molecular weight is 200 g/mol. The molecule has 1 saturated carbocycles. The second kappa shape index (κ2) is 5.29. The molecule has 0 nitrogen and oxygen atoms in total. The second-order valence-corrected chi connectivity index (χ2v) is 6.37. The summed E-state index contributed by atoms with van der Waals surface area (Å²) in [7, 11) is 0. The summed E-state index contributed by atoms with van der Waals surface area (Å²) in [5.74, 6) is 1.29. The molecule has 1 atom stereocenters. The Morgan fingerprint density at radius 1 is 1.15 bits per heavy atom. The largest absolute Gasteiger partial charge is 0.158 e. The van der Waals surface area contributed by atoms with Gasteiger partial charge in [-0.1, -0.05) is 46.5 Å². The fraction of sp³-hybridized carbons (Fsp3) is 1.00. The molecule has 1 rings (SSSR count). The predicted molar refractivity (Wildman–Crippen MR) is 63.4 cm³/mol. The Bertz CT molecular complexity index is 140. The van der Waals surface area contributed by atoms with Gasteiger partial charge >= 0.3 is 0 Å². The van der Waals surface area contributed by atoms with E-state index < -0.39 is 0 Å². The van der Waals surface area contributed by atoms with Crippen LogP contribution in [0.4, 0.5) is 0 Å². The lowest BCUT2D eigenvalue weighted by Crippen LogP contribution is -2.28. The van der Waals surface area contributed by atoms with Gasteiger partial charge in [-0.2, -0.15) is 11.8 Å². The lowest BCUT2D eigenvalue weighted by molar-refractivity contribution is 0.277. The lowest BCUT2D eigenvalue weighted by atomic mass is 9.79. The third-order valence-corrected chi connectivity index (χ3v) is 4.89. The minimum Gasteiger partial charge on any atom is -0.158 e. The quantitative estimate of drug-likeness (QED) is 0.633. The van der Waals surface area contributed by atoms with Crippen molar-refractivity contribution in [2.24, 2.45) is 5.41 Å². The molecule has 0 amide bonds. The van der Waals surface area contributed by atoms with E-state index in [0.29, 0.717) is 5.41 Å². The van der Waals surface area contributed by atoms with Crippen molar-refractivity contribution >= 4 is 11.8 Å². The maximum absolute atomic E-state index is 2.46. The van der Waals surface area contributed by atoms with Gasteiger partial charge < -0.3 is 0 Å².